The second-order valence-corrected chi connectivity index (χ2v) is 28.4. The molecule has 0 saturated heterocycles. The number of hydrogen-bond acceptors (Lipinski definition) is 2. The molecule has 0 N–H and O–H groups in total. The Balaban J connectivity index is 1.11. The zero-order valence-electron chi connectivity index (χ0n) is 51.2. The van der Waals surface area contributed by atoms with Crippen molar-refractivity contribution in [2.24, 2.45) is 0 Å². The van der Waals surface area contributed by atoms with Crippen LogP contribution in [0, 0.1) is 22.7 Å². The maximum Gasteiger partial charge on any atom is 0.0995 e. The minimum Gasteiger partial charge on any atom is -0.307 e. The van der Waals surface area contributed by atoms with Crippen molar-refractivity contribution in [3.05, 3.63) is 278 Å². The van der Waals surface area contributed by atoms with Crippen LogP contribution in [0.2, 0.25) is 0 Å². The molecule has 424 valence electrons. The summed E-state index contributed by atoms with van der Waals surface area (Å²) in [6, 6.07) is 80.4. The van der Waals surface area contributed by atoms with Crippen LogP contribution in [-0.4, -0.2) is 8.80 Å². The first kappa shape index (κ1) is 52.3. The van der Waals surface area contributed by atoms with Crippen LogP contribution in [0.25, 0.3) is 109 Å². The van der Waals surface area contributed by atoms with Gasteiger partial charge in [-0.3, -0.25) is 0 Å². The highest BCUT2D eigenvalue weighted by Crippen LogP contribution is 2.59. The molecule has 2 aliphatic rings. The van der Waals surface area contributed by atoms with Gasteiger partial charge in [-0.25, -0.2) is 0 Å². The third kappa shape index (κ3) is 6.80. The number of fused-ring (bicyclic) bond motifs is 22. The molecule has 89 heavy (non-hydrogen) atoms. The molecule has 16 aromatic rings. The highest BCUT2D eigenvalue weighted by atomic mass is 31.0. The smallest absolute Gasteiger partial charge is 0.0995 e. The highest BCUT2D eigenvalue weighted by Gasteiger charge is 2.41. The normalized spacial score (nSPS) is 16.8. The third-order valence-corrected chi connectivity index (χ3v) is 21.8. The number of hydrogen-bond donors (Lipinski definition) is 0. The summed E-state index contributed by atoms with van der Waals surface area (Å²) in [5.74, 6) is -0.329. The van der Waals surface area contributed by atoms with Crippen LogP contribution in [-0.2, 0) is 10.8 Å². The van der Waals surface area contributed by atoms with Gasteiger partial charge in [-0.2, -0.15) is 10.5 Å². The summed E-state index contributed by atoms with van der Waals surface area (Å²) in [6.07, 6.45) is 0. The van der Waals surface area contributed by atoms with E-state index in [0.717, 1.165) is 49.6 Å². The largest absolute Gasteiger partial charge is 0.307 e. The van der Waals surface area contributed by atoms with E-state index in [1.54, 1.807) is 0 Å². The van der Waals surface area contributed by atoms with Gasteiger partial charge >= 0.3 is 0 Å². The van der Waals surface area contributed by atoms with Crippen LogP contribution in [0.3, 0.4) is 0 Å². The minimum absolute atomic E-state index is 0.0218. The molecular weight excluding hydrogens is 1100 g/mol. The van der Waals surface area contributed by atoms with Crippen molar-refractivity contribution in [3.8, 4) is 23.3 Å². The van der Waals surface area contributed by atoms with Crippen LogP contribution in [0.5, 0.6) is 0 Å². The Morgan fingerprint density at radius 2 is 0.764 bits per heavy atom. The molecule has 2 aliphatic carbocycles. The number of rotatable bonds is 3. The summed E-state index contributed by atoms with van der Waals surface area (Å²) in [5, 5.41) is 39.4. The second kappa shape index (κ2) is 18.1. The lowest BCUT2D eigenvalue weighted by Gasteiger charge is -2.34. The van der Waals surface area contributed by atoms with Gasteiger partial charge in [0.1, 0.15) is 0 Å². The molecule has 0 aliphatic heterocycles. The molecule has 4 nitrogen and oxygen atoms in total. The van der Waals surface area contributed by atoms with E-state index >= 15 is 0 Å². The molecule has 0 saturated carbocycles. The summed E-state index contributed by atoms with van der Waals surface area (Å²) in [6.45, 7) is 18.6. The third-order valence-electron chi connectivity index (χ3n) is 21.2. The summed E-state index contributed by atoms with van der Waals surface area (Å²) in [5.41, 5.74) is 24.8. The molecule has 5 atom stereocenters. The molecule has 0 spiro atoms. The van der Waals surface area contributed by atoms with Crippen molar-refractivity contribution in [1.82, 2.24) is 8.80 Å². The highest BCUT2D eigenvalue weighted by molar-refractivity contribution is 7.29. The van der Waals surface area contributed by atoms with Gasteiger partial charge in [0.25, 0.3) is 0 Å². The summed E-state index contributed by atoms with van der Waals surface area (Å²) in [7, 11) is 3.38. The predicted molar refractivity (Wildman–Crippen MR) is 375 cm³/mol. The Hall–Kier alpha value is -9.83. The second-order valence-electron chi connectivity index (χ2n) is 27.8. The van der Waals surface area contributed by atoms with E-state index in [0.29, 0.717) is 11.1 Å². The van der Waals surface area contributed by atoms with Crippen LogP contribution < -0.4 is 5.30 Å². The van der Waals surface area contributed by atoms with Crippen LogP contribution in [0.15, 0.2) is 200 Å². The quantitative estimate of drug-likeness (QED) is 0.166. The van der Waals surface area contributed by atoms with Gasteiger partial charge in [0.05, 0.1) is 56.4 Å². The molecule has 0 fully saturated rings. The standard InChI is InChI=1S/C84H63N4P/c1-44-55-28-18-20-30-59(55)67(46-22-12-9-13-23-46)69-51(42-85)40-63-76(65(44)69)72-57-34-32-53(83(3,4)5)36-49(57)38-61-74-80(87(63)78(61)72)71(48-26-16-11-17-27-48)81-75(82(74)89)62-39-50-37-54(84(6,7)8)33-35-58(50)73-77-64(88(81)79(62)73)41-52(43-86)70-66(77)45(2)56-29-19-21-31-60(56)68(70)47-24-14-10-15-25-47/h9-41,44-45,67-68H,89H2,1-8H3. The number of benzene rings is 12. The van der Waals surface area contributed by atoms with Gasteiger partial charge in [0.2, 0.25) is 0 Å². The molecule has 0 radical (unpaired) electrons. The fraction of sp³-hybridized carbons (Fsp3) is 0.167. The van der Waals surface area contributed by atoms with E-state index in [1.807, 2.05) is 0 Å². The van der Waals surface area contributed by atoms with Gasteiger partial charge in [-0.15, -0.1) is 9.24 Å². The average Bonchev–Trinajstić information content (AvgIpc) is 1.50. The van der Waals surface area contributed by atoms with Crippen molar-refractivity contribution in [2.75, 3.05) is 0 Å². The number of nitrogens with zero attached hydrogens (tertiary/aromatic N) is 4. The van der Waals surface area contributed by atoms with Crippen molar-refractivity contribution >= 4 is 112 Å². The topological polar surface area (TPSA) is 56.4 Å². The fourth-order valence-electron chi connectivity index (χ4n) is 17.3. The zero-order valence-corrected chi connectivity index (χ0v) is 52.4. The minimum atomic E-state index is -0.142. The first-order valence-electron chi connectivity index (χ1n) is 31.5. The SMILES string of the molecule is CC1c2ccccc2C(c2ccccc2)c2c(C#N)cc3c(c21)c1c2ccc(C(C)(C)C)cc2cc2c4c(P)c5c6cc7cc(C(C)(C)C)ccc7c7c8c9c(c(C#N)cc8n(c5c(-c5ccccc5)c4n3c21)c67)C(c1ccccc1)c1ccccc1C9C. The zero-order chi connectivity index (χ0) is 60.4. The van der Waals surface area contributed by atoms with Crippen LogP contribution >= 0.6 is 9.24 Å². The molecular formula is C84H63N4P. The van der Waals surface area contributed by atoms with E-state index in [9.17, 15) is 10.5 Å². The fourth-order valence-corrected chi connectivity index (χ4v) is 17.9. The van der Waals surface area contributed by atoms with Gasteiger partial charge in [-0.1, -0.05) is 231 Å². The van der Waals surface area contributed by atoms with Crippen molar-refractivity contribution in [2.45, 2.75) is 89.9 Å². The van der Waals surface area contributed by atoms with E-state index in [2.05, 4.69) is 286 Å². The summed E-state index contributed by atoms with van der Waals surface area (Å²) >= 11 is 0. The molecule has 5 heteroatoms. The molecule has 4 aromatic heterocycles. The van der Waals surface area contributed by atoms with Gasteiger partial charge < -0.3 is 8.80 Å². The lowest BCUT2D eigenvalue weighted by Crippen LogP contribution is -2.19. The Kier molecular flexibility index (Phi) is 10.7. The van der Waals surface area contributed by atoms with Crippen LogP contribution in [0.4, 0.5) is 0 Å². The van der Waals surface area contributed by atoms with Gasteiger partial charge in [0, 0.05) is 72.3 Å². The number of nitriles is 2. The first-order valence-corrected chi connectivity index (χ1v) is 32.1. The van der Waals surface area contributed by atoms with E-state index in [-0.39, 0.29) is 34.5 Å². The maximum absolute atomic E-state index is 11.9. The molecule has 0 amide bonds. The predicted octanol–water partition coefficient (Wildman–Crippen LogP) is 21.1. The average molecular weight is 1160 g/mol. The lowest BCUT2D eigenvalue weighted by atomic mass is 9.68. The van der Waals surface area contributed by atoms with Gasteiger partial charge in [0.15, 0.2) is 0 Å². The Bertz CT molecular complexity index is 5540. The Morgan fingerprint density at radius 3 is 1.16 bits per heavy atom. The summed E-state index contributed by atoms with van der Waals surface area (Å²) in [4.78, 5) is 0. The molecule has 18 rings (SSSR count). The molecule has 0 bridgehead atoms. The first-order chi connectivity index (χ1) is 43.2. The van der Waals surface area contributed by atoms with Gasteiger partial charge in [-0.05, 0) is 134 Å². The molecule has 4 heterocycles. The molecule has 5 unspecified atom stereocenters. The van der Waals surface area contributed by atoms with E-state index in [4.69, 9.17) is 0 Å². The van der Waals surface area contributed by atoms with Crippen LogP contribution in [0.1, 0.15) is 157 Å². The Labute approximate surface area is 519 Å². The van der Waals surface area contributed by atoms with E-state index < -0.39 is 0 Å². The van der Waals surface area contributed by atoms with Crippen molar-refractivity contribution in [3.63, 3.8) is 0 Å². The lowest BCUT2D eigenvalue weighted by molar-refractivity contribution is 0.591. The number of aromatic nitrogens is 2. The van der Waals surface area contributed by atoms with Crippen molar-refractivity contribution < 1.29 is 0 Å². The summed E-state index contributed by atoms with van der Waals surface area (Å²) < 4.78 is 5.19. The van der Waals surface area contributed by atoms with Crippen molar-refractivity contribution in [1.29, 1.82) is 10.5 Å². The maximum atomic E-state index is 11.9. The monoisotopic (exact) mass is 1160 g/mol. The van der Waals surface area contributed by atoms with E-state index in [1.165, 1.54) is 131 Å². The molecule has 12 aromatic carbocycles. The Morgan fingerprint density at radius 1 is 0.382 bits per heavy atom.